The van der Waals surface area contributed by atoms with Gasteiger partial charge in [-0.25, -0.2) is 9.37 Å². The summed E-state index contributed by atoms with van der Waals surface area (Å²) in [6.45, 7) is 11.0. The number of rotatable bonds is 6. The van der Waals surface area contributed by atoms with Crippen LogP contribution in [0.4, 0.5) is 4.39 Å². The van der Waals surface area contributed by atoms with Gasteiger partial charge in [-0.05, 0) is 83.5 Å². The summed E-state index contributed by atoms with van der Waals surface area (Å²) >= 11 is 0. The van der Waals surface area contributed by atoms with Crippen molar-refractivity contribution >= 4 is 5.97 Å². The Labute approximate surface area is 218 Å². The van der Waals surface area contributed by atoms with Crippen LogP contribution in [0.2, 0.25) is 0 Å². The number of aromatic nitrogens is 1. The average Bonchev–Trinajstić information content (AvgIpc) is 3.21. The highest BCUT2D eigenvalue weighted by Crippen LogP contribution is 2.66. The zero-order chi connectivity index (χ0) is 26.1. The quantitative estimate of drug-likeness (QED) is 0.361. The van der Waals surface area contributed by atoms with Crippen molar-refractivity contribution in [1.82, 2.24) is 4.98 Å². The number of nitrogens with zero attached hydrogens (tertiary/aromatic N) is 1. The highest BCUT2D eigenvalue weighted by Gasteiger charge is 2.70. The Kier molecular flexibility index (Phi) is 5.48. The molecule has 5 heteroatoms. The summed E-state index contributed by atoms with van der Waals surface area (Å²) in [4.78, 5) is 16.9. The number of aryl methyl sites for hydroxylation is 1. The zero-order valence-electron chi connectivity index (χ0n) is 22.2. The summed E-state index contributed by atoms with van der Waals surface area (Å²) in [7, 11) is 0. The Bertz CT molecular complexity index is 1410. The number of esters is 1. The highest BCUT2D eigenvalue weighted by atomic mass is 19.1. The third-order valence-corrected chi connectivity index (χ3v) is 9.21. The standard InChI is InChI=1S/C32H34FNO3/c1-6-36-30(35)29-25-12-19-13-28(34-16-26(19)32(25,29)5)37-17-20-11-22-23(21-10-8-7-9-18(21)2)15-31(3,4)24(22)14-27(20)33/h7-11,13-14,16,23,25,29H,6,12,15,17H2,1-5H3/t23?,25-,29+,32+/m0/s1. The lowest BCUT2D eigenvalue weighted by Crippen LogP contribution is -2.16. The molecule has 0 amide bonds. The highest BCUT2D eigenvalue weighted by molar-refractivity contribution is 5.81. The number of carbonyl (C=O) groups excluding carboxylic acids is 1. The van der Waals surface area contributed by atoms with Crippen molar-refractivity contribution in [3.63, 3.8) is 0 Å². The number of hydrogen-bond donors (Lipinski definition) is 0. The second-order valence-electron chi connectivity index (χ2n) is 11.8. The summed E-state index contributed by atoms with van der Waals surface area (Å²) in [6, 6.07) is 14.2. The minimum atomic E-state index is -0.232. The van der Waals surface area contributed by atoms with Gasteiger partial charge in [-0.2, -0.15) is 0 Å². The Morgan fingerprint density at radius 2 is 1.89 bits per heavy atom. The number of fused-ring (bicyclic) bond motifs is 4. The molecule has 4 atom stereocenters. The van der Waals surface area contributed by atoms with Gasteiger partial charge in [0.15, 0.2) is 0 Å². The number of halogens is 1. The number of hydrogen-bond acceptors (Lipinski definition) is 4. The van der Waals surface area contributed by atoms with Gasteiger partial charge in [-0.1, -0.05) is 45.0 Å². The summed E-state index contributed by atoms with van der Waals surface area (Å²) in [5.41, 5.74) is 7.37. The SMILES string of the molecule is CCOC(=O)[C@H]1[C@@H]2Cc3cc(OCc4cc5c(cc4F)C(C)(C)CC5c4ccccc4C)ncc3[C@@]21C. The molecule has 3 aliphatic rings. The van der Waals surface area contributed by atoms with Crippen molar-refractivity contribution in [2.24, 2.45) is 11.8 Å². The van der Waals surface area contributed by atoms with Crippen molar-refractivity contribution in [2.45, 2.75) is 70.8 Å². The van der Waals surface area contributed by atoms with E-state index in [4.69, 9.17) is 9.47 Å². The fourth-order valence-electron chi connectivity index (χ4n) is 7.14. The van der Waals surface area contributed by atoms with Crippen LogP contribution in [-0.2, 0) is 33.4 Å². The number of ether oxygens (including phenoxy) is 2. The largest absolute Gasteiger partial charge is 0.473 e. The predicted molar refractivity (Wildman–Crippen MR) is 140 cm³/mol. The fourth-order valence-corrected chi connectivity index (χ4v) is 7.14. The van der Waals surface area contributed by atoms with Crippen LogP contribution in [-0.4, -0.2) is 17.6 Å². The van der Waals surface area contributed by atoms with Gasteiger partial charge in [-0.15, -0.1) is 0 Å². The molecule has 6 rings (SSSR count). The lowest BCUT2D eigenvalue weighted by molar-refractivity contribution is -0.145. The normalized spacial score (nSPS) is 26.3. The smallest absolute Gasteiger partial charge is 0.310 e. The molecule has 1 saturated carbocycles. The van der Waals surface area contributed by atoms with E-state index >= 15 is 4.39 Å². The van der Waals surface area contributed by atoms with Crippen LogP contribution in [0.25, 0.3) is 0 Å². The molecule has 0 N–H and O–H groups in total. The Morgan fingerprint density at radius 1 is 1.11 bits per heavy atom. The van der Waals surface area contributed by atoms with Crippen LogP contribution in [0.15, 0.2) is 48.7 Å². The van der Waals surface area contributed by atoms with Gasteiger partial charge >= 0.3 is 5.97 Å². The molecule has 0 radical (unpaired) electrons. The molecule has 1 aromatic heterocycles. The monoisotopic (exact) mass is 499 g/mol. The van der Waals surface area contributed by atoms with Crippen LogP contribution >= 0.6 is 0 Å². The molecule has 2 aromatic carbocycles. The summed E-state index contributed by atoms with van der Waals surface area (Å²) in [6.07, 6.45) is 3.60. The fraction of sp³-hybridized carbons (Fsp3) is 0.438. The maximum absolute atomic E-state index is 15.3. The van der Waals surface area contributed by atoms with Gasteiger partial charge in [0.2, 0.25) is 5.88 Å². The maximum Gasteiger partial charge on any atom is 0.310 e. The average molecular weight is 500 g/mol. The molecule has 0 spiro atoms. The van der Waals surface area contributed by atoms with E-state index in [0.29, 0.717) is 18.1 Å². The molecular weight excluding hydrogens is 465 g/mol. The number of benzene rings is 2. The van der Waals surface area contributed by atoms with E-state index in [0.717, 1.165) is 29.5 Å². The Balaban J connectivity index is 1.23. The van der Waals surface area contributed by atoms with E-state index in [-0.39, 0.29) is 47.0 Å². The first-order valence-corrected chi connectivity index (χ1v) is 13.3. The molecule has 0 saturated heterocycles. The minimum absolute atomic E-state index is 0.0838. The molecule has 1 unspecified atom stereocenters. The van der Waals surface area contributed by atoms with Crippen LogP contribution in [0, 0.1) is 24.6 Å². The van der Waals surface area contributed by atoms with Crippen molar-refractivity contribution in [2.75, 3.05) is 6.61 Å². The van der Waals surface area contributed by atoms with Gasteiger partial charge in [0, 0.05) is 29.2 Å². The lowest BCUT2D eigenvalue weighted by Gasteiger charge is -2.20. The maximum atomic E-state index is 15.3. The van der Waals surface area contributed by atoms with E-state index in [1.54, 1.807) is 6.07 Å². The van der Waals surface area contributed by atoms with Crippen molar-refractivity contribution in [1.29, 1.82) is 0 Å². The Hall–Kier alpha value is -3.21. The molecule has 4 nitrogen and oxygen atoms in total. The summed E-state index contributed by atoms with van der Waals surface area (Å²) in [5.74, 6) is 0.564. The second kappa shape index (κ2) is 8.41. The van der Waals surface area contributed by atoms with Crippen molar-refractivity contribution in [3.05, 3.63) is 93.4 Å². The molecule has 1 fully saturated rings. The van der Waals surface area contributed by atoms with E-state index in [1.165, 1.54) is 16.7 Å². The summed E-state index contributed by atoms with van der Waals surface area (Å²) in [5, 5.41) is 0. The second-order valence-corrected chi connectivity index (χ2v) is 11.8. The zero-order valence-corrected chi connectivity index (χ0v) is 22.2. The molecule has 1 heterocycles. The first kappa shape index (κ1) is 24.1. The van der Waals surface area contributed by atoms with Gasteiger partial charge in [0.1, 0.15) is 12.4 Å². The molecule has 3 aromatic rings. The molecule has 0 bridgehead atoms. The third kappa shape index (κ3) is 3.69. The predicted octanol–water partition coefficient (Wildman–Crippen LogP) is 6.54. The van der Waals surface area contributed by atoms with Crippen molar-refractivity contribution < 1.29 is 18.7 Å². The molecule has 37 heavy (non-hydrogen) atoms. The number of carbonyl (C=O) groups is 1. The first-order chi connectivity index (χ1) is 17.6. The van der Waals surface area contributed by atoms with Crippen LogP contribution < -0.4 is 4.74 Å². The molecular formula is C32H34FNO3. The molecule has 3 aliphatic carbocycles. The van der Waals surface area contributed by atoms with Gasteiger partial charge in [0.25, 0.3) is 0 Å². The van der Waals surface area contributed by atoms with E-state index in [1.807, 2.05) is 25.3 Å². The van der Waals surface area contributed by atoms with Crippen LogP contribution in [0.5, 0.6) is 5.88 Å². The summed E-state index contributed by atoms with van der Waals surface area (Å²) < 4.78 is 26.6. The van der Waals surface area contributed by atoms with Gasteiger partial charge < -0.3 is 9.47 Å². The lowest BCUT2D eigenvalue weighted by atomic mass is 9.84. The van der Waals surface area contributed by atoms with E-state index < -0.39 is 0 Å². The topological polar surface area (TPSA) is 48.4 Å². The van der Waals surface area contributed by atoms with Gasteiger partial charge in [-0.3, -0.25) is 4.79 Å². The Morgan fingerprint density at radius 3 is 2.65 bits per heavy atom. The van der Waals surface area contributed by atoms with E-state index in [9.17, 15) is 4.79 Å². The molecule has 0 aliphatic heterocycles. The third-order valence-electron chi connectivity index (χ3n) is 9.21. The molecule has 192 valence electrons. The van der Waals surface area contributed by atoms with Crippen molar-refractivity contribution in [3.8, 4) is 5.88 Å². The first-order valence-electron chi connectivity index (χ1n) is 13.3. The van der Waals surface area contributed by atoms with Gasteiger partial charge in [0.05, 0.1) is 12.5 Å². The van der Waals surface area contributed by atoms with Crippen LogP contribution in [0.1, 0.15) is 79.0 Å². The minimum Gasteiger partial charge on any atom is -0.473 e. The number of pyridine rings is 1. The van der Waals surface area contributed by atoms with Crippen LogP contribution in [0.3, 0.4) is 0 Å². The van der Waals surface area contributed by atoms with E-state index in [2.05, 4.69) is 56.9 Å².